The van der Waals surface area contributed by atoms with Crippen molar-refractivity contribution in [3.63, 3.8) is 0 Å². The van der Waals surface area contributed by atoms with Gasteiger partial charge in [0.1, 0.15) is 10.5 Å². The van der Waals surface area contributed by atoms with E-state index < -0.39 is 28.3 Å². The maximum atomic E-state index is 13.6. The molecule has 10 nitrogen and oxygen atoms in total. The highest BCUT2D eigenvalue weighted by atomic mass is 35.5. The third-order valence-electron chi connectivity index (χ3n) is 5.59. The standard InChI is InChI=1S/C23H14ClN3O7S/c1-10-20(22(30)33-2)35-23(25-10)26-17(11-4-3-5-13(8-11)27(31)32)16-18(28)14-9-12(24)6-7-15(14)34-19(16)21(26)29/h3-9,17H,1-2H3. The highest BCUT2D eigenvalue weighted by Crippen LogP contribution is 2.43. The maximum Gasteiger partial charge on any atom is 0.350 e. The molecule has 12 heteroatoms. The number of methoxy groups -OCH3 is 1. The van der Waals surface area contributed by atoms with Crippen LogP contribution < -0.4 is 10.3 Å². The van der Waals surface area contributed by atoms with Crippen LogP contribution in [0.5, 0.6) is 0 Å². The van der Waals surface area contributed by atoms with Crippen LogP contribution in [0.15, 0.2) is 51.7 Å². The van der Waals surface area contributed by atoms with Gasteiger partial charge in [-0.05, 0) is 30.7 Å². The van der Waals surface area contributed by atoms with Crippen LogP contribution in [0.4, 0.5) is 10.8 Å². The summed E-state index contributed by atoms with van der Waals surface area (Å²) in [5.41, 5.74) is 0.0660. The number of ether oxygens (including phenoxy) is 1. The average molecular weight is 512 g/mol. The van der Waals surface area contributed by atoms with E-state index in [4.69, 9.17) is 20.8 Å². The van der Waals surface area contributed by atoms with Gasteiger partial charge in [-0.15, -0.1) is 0 Å². The number of nitro benzene ring substituents is 1. The molecule has 35 heavy (non-hydrogen) atoms. The SMILES string of the molecule is COC(=O)c1sc(N2C(=O)c3oc4ccc(Cl)cc4c(=O)c3C2c2cccc([N+](=O)[O-])c2)nc1C. The Hall–Kier alpha value is -4.09. The van der Waals surface area contributed by atoms with Crippen molar-refractivity contribution in [3.8, 4) is 0 Å². The van der Waals surface area contributed by atoms with Crippen LogP contribution >= 0.6 is 22.9 Å². The molecule has 0 bridgehead atoms. The van der Waals surface area contributed by atoms with E-state index in [1.54, 1.807) is 13.0 Å². The largest absolute Gasteiger partial charge is 0.465 e. The number of hydrogen-bond donors (Lipinski definition) is 0. The molecule has 1 atom stereocenters. The number of fused-ring (bicyclic) bond motifs is 2. The molecule has 1 aliphatic rings. The van der Waals surface area contributed by atoms with Crippen LogP contribution in [0, 0.1) is 17.0 Å². The Morgan fingerprint density at radius 2 is 2.03 bits per heavy atom. The third kappa shape index (κ3) is 3.56. The molecule has 1 amide bonds. The van der Waals surface area contributed by atoms with Crippen molar-refractivity contribution in [1.29, 1.82) is 0 Å². The predicted molar refractivity (Wildman–Crippen MR) is 127 cm³/mol. The van der Waals surface area contributed by atoms with Crippen LogP contribution in [0.1, 0.15) is 43.1 Å². The first-order valence-electron chi connectivity index (χ1n) is 10.1. The lowest BCUT2D eigenvalue weighted by Crippen LogP contribution is -2.29. The molecule has 0 radical (unpaired) electrons. The number of non-ortho nitro benzene ring substituents is 1. The fourth-order valence-electron chi connectivity index (χ4n) is 4.03. The molecule has 3 heterocycles. The van der Waals surface area contributed by atoms with E-state index in [0.29, 0.717) is 16.3 Å². The van der Waals surface area contributed by atoms with Crippen molar-refractivity contribution in [2.75, 3.05) is 12.0 Å². The van der Waals surface area contributed by atoms with Gasteiger partial charge in [-0.2, -0.15) is 0 Å². The first-order valence-corrected chi connectivity index (χ1v) is 11.3. The molecule has 4 aromatic rings. The molecular weight excluding hydrogens is 498 g/mol. The molecule has 176 valence electrons. The van der Waals surface area contributed by atoms with Crippen molar-refractivity contribution in [2.45, 2.75) is 13.0 Å². The number of nitro groups is 1. The molecule has 0 saturated heterocycles. The molecule has 5 rings (SSSR count). The van der Waals surface area contributed by atoms with Gasteiger partial charge in [0.15, 0.2) is 10.6 Å². The number of halogens is 1. The lowest BCUT2D eigenvalue weighted by molar-refractivity contribution is -0.384. The topological polar surface area (TPSA) is 133 Å². The Kier molecular flexibility index (Phi) is 5.37. The van der Waals surface area contributed by atoms with E-state index in [-0.39, 0.29) is 38.0 Å². The number of aryl methyl sites for hydroxylation is 1. The second-order valence-electron chi connectivity index (χ2n) is 7.65. The number of anilines is 1. The molecule has 0 saturated carbocycles. The summed E-state index contributed by atoms with van der Waals surface area (Å²) in [7, 11) is 1.23. The molecule has 0 aliphatic carbocycles. The number of rotatable bonds is 4. The highest BCUT2D eigenvalue weighted by Gasteiger charge is 2.45. The molecule has 1 unspecified atom stereocenters. The van der Waals surface area contributed by atoms with Crippen LogP contribution in [0.25, 0.3) is 11.0 Å². The number of hydrogen-bond acceptors (Lipinski definition) is 9. The second-order valence-corrected chi connectivity index (χ2v) is 9.06. The molecule has 0 fully saturated rings. The van der Waals surface area contributed by atoms with Gasteiger partial charge in [0.25, 0.3) is 11.6 Å². The number of aromatic nitrogens is 1. The van der Waals surface area contributed by atoms with Crippen molar-refractivity contribution in [1.82, 2.24) is 4.98 Å². The Labute approximate surface area is 205 Å². The first-order chi connectivity index (χ1) is 16.7. The average Bonchev–Trinajstić information content (AvgIpc) is 3.36. The lowest BCUT2D eigenvalue weighted by atomic mass is 9.98. The lowest BCUT2D eigenvalue weighted by Gasteiger charge is -2.22. The van der Waals surface area contributed by atoms with Crippen LogP contribution in [0.2, 0.25) is 5.02 Å². The van der Waals surface area contributed by atoms with E-state index >= 15 is 0 Å². The molecule has 2 aromatic heterocycles. The summed E-state index contributed by atoms with van der Waals surface area (Å²) in [6.07, 6.45) is 0. The van der Waals surface area contributed by atoms with Crippen molar-refractivity contribution in [2.24, 2.45) is 0 Å². The van der Waals surface area contributed by atoms with Gasteiger partial charge in [0, 0.05) is 17.2 Å². The minimum absolute atomic E-state index is 0.00210. The van der Waals surface area contributed by atoms with Gasteiger partial charge in [-0.3, -0.25) is 24.6 Å². The van der Waals surface area contributed by atoms with Gasteiger partial charge >= 0.3 is 5.97 Å². The normalized spacial score (nSPS) is 14.9. The van der Waals surface area contributed by atoms with Gasteiger partial charge in [-0.25, -0.2) is 9.78 Å². The van der Waals surface area contributed by atoms with E-state index in [1.807, 2.05) is 0 Å². The summed E-state index contributed by atoms with van der Waals surface area (Å²) in [5, 5.41) is 12.0. The zero-order valence-electron chi connectivity index (χ0n) is 18.1. The maximum absolute atomic E-state index is 13.6. The fraction of sp³-hybridized carbons (Fsp3) is 0.130. The van der Waals surface area contributed by atoms with E-state index in [2.05, 4.69) is 4.98 Å². The van der Waals surface area contributed by atoms with Gasteiger partial charge in [0.05, 0.1) is 34.7 Å². The number of nitrogens with zero attached hydrogens (tertiary/aromatic N) is 3. The fourth-order valence-corrected chi connectivity index (χ4v) is 5.22. The molecule has 0 N–H and O–H groups in total. The molecule has 2 aromatic carbocycles. The molecular formula is C23H14ClN3O7S. The minimum Gasteiger partial charge on any atom is -0.465 e. The Bertz CT molecular complexity index is 1630. The van der Waals surface area contributed by atoms with E-state index in [1.165, 1.54) is 48.4 Å². The summed E-state index contributed by atoms with van der Waals surface area (Å²) in [6.45, 7) is 1.59. The van der Waals surface area contributed by atoms with E-state index in [9.17, 15) is 24.5 Å². The summed E-state index contributed by atoms with van der Waals surface area (Å²) >= 11 is 6.99. The van der Waals surface area contributed by atoms with Crippen LogP contribution in [0.3, 0.4) is 0 Å². The highest BCUT2D eigenvalue weighted by molar-refractivity contribution is 7.17. The predicted octanol–water partition coefficient (Wildman–Crippen LogP) is 4.66. The van der Waals surface area contributed by atoms with Crippen LogP contribution in [-0.2, 0) is 4.74 Å². The summed E-state index contributed by atoms with van der Waals surface area (Å²) in [4.78, 5) is 56.0. The van der Waals surface area contributed by atoms with Crippen molar-refractivity contribution in [3.05, 3.63) is 95.3 Å². The summed E-state index contributed by atoms with van der Waals surface area (Å²) in [5.74, 6) is -1.51. The summed E-state index contributed by atoms with van der Waals surface area (Å²) in [6, 6.07) is 8.97. The number of esters is 1. The molecule has 1 aliphatic heterocycles. The monoisotopic (exact) mass is 511 g/mol. The number of thiazole rings is 1. The smallest absolute Gasteiger partial charge is 0.350 e. The zero-order chi connectivity index (χ0) is 25.0. The molecule has 0 spiro atoms. The number of carbonyl (C=O) groups excluding carboxylic acids is 2. The second kappa shape index (κ2) is 8.29. The quantitative estimate of drug-likeness (QED) is 0.219. The summed E-state index contributed by atoms with van der Waals surface area (Å²) < 4.78 is 10.6. The minimum atomic E-state index is -1.09. The third-order valence-corrected chi connectivity index (χ3v) is 6.96. The number of carbonyl (C=O) groups is 2. The van der Waals surface area contributed by atoms with Crippen LogP contribution in [-0.4, -0.2) is 28.9 Å². The Morgan fingerprint density at radius 3 is 2.74 bits per heavy atom. The number of benzene rings is 2. The number of amides is 1. The van der Waals surface area contributed by atoms with Crippen molar-refractivity contribution >= 4 is 56.6 Å². The van der Waals surface area contributed by atoms with E-state index in [0.717, 1.165) is 11.3 Å². The van der Waals surface area contributed by atoms with Gasteiger partial charge in [-0.1, -0.05) is 35.1 Å². The van der Waals surface area contributed by atoms with Crippen molar-refractivity contribution < 1.29 is 23.7 Å². The zero-order valence-corrected chi connectivity index (χ0v) is 19.7. The Morgan fingerprint density at radius 1 is 1.26 bits per heavy atom. The Balaban J connectivity index is 1.80. The van der Waals surface area contributed by atoms with Gasteiger partial charge in [0.2, 0.25) is 5.76 Å². The first kappa shape index (κ1) is 22.7. The van der Waals surface area contributed by atoms with Gasteiger partial charge < -0.3 is 9.15 Å².